The van der Waals surface area contributed by atoms with Gasteiger partial charge in [0.1, 0.15) is 5.60 Å². The highest BCUT2D eigenvalue weighted by Crippen LogP contribution is 2.23. The quantitative estimate of drug-likeness (QED) is 0.647. The Kier molecular flexibility index (Phi) is 4.41. The van der Waals surface area contributed by atoms with E-state index in [9.17, 15) is 18.0 Å². The molecule has 0 aromatic rings. The van der Waals surface area contributed by atoms with E-state index in [1.807, 2.05) is 0 Å². The molecule has 0 unspecified atom stereocenters. The molecule has 0 radical (unpaired) electrons. The molecule has 1 aliphatic heterocycles. The van der Waals surface area contributed by atoms with Crippen molar-refractivity contribution >= 4 is 22.4 Å². The fraction of sp³-hybridized carbons (Fsp3) is 0.800. The van der Waals surface area contributed by atoms with Crippen LogP contribution in [0.15, 0.2) is 0 Å². The number of rotatable bonds is 1. The average Bonchev–Trinajstić information content (AvgIpc) is 2.23. The predicted molar refractivity (Wildman–Crippen MR) is 63.4 cm³/mol. The van der Waals surface area contributed by atoms with Gasteiger partial charge in [-0.2, -0.15) is 12.7 Å². The van der Waals surface area contributed by atoms with Crippen molar-refractivity contribution in [1.29, 1.82) is 0 Å². The predicted octanol–water partition coefficient (Wildman–Crippen LogP) is 0.430. The summed E-state index contributed by atoms with van der Waals surface area (Å²) in [5, 5.41) is 0. The fourth-order valence-corrected chi connectivity index (χ4v) is 2.61. The molecule has 110 valence electrons. The topological polar surface area (TPSA) is 99.2 Å². The smallest absolute Gasteiger partial charge is 0.426 e. The van der Waals surface area contributed by atoms with Crippen LogP contribution in [-0.2, 0) is 28.8 Å². The van der Waals surface area contributed by atoms with E-state index in [0.717, 1.165) is 7.11 Å². The van der Waals surface area contributed by atoms with Crippen LogP contribution in [0.4, 0.5) is 4.79 Å². The molecule has 8 nitrogen and oxygen atoms in total. The maximum atomic E-state index is 11.9. The lowest BCUT2D eigenvalue weighted by atomic mass is 10.2. The molecule has 1 fully saturated rings. The van der Waals surface area contributed by atoms with Crippen LogP contribution in [0.1, 0.15) is 27.2 Å². The second kappa shape index (κ2) is 5.33. The lowest BCUT2D eigenvalue weighted by molar-refractivity contribution is -0.146. The molecule has 1 saturated heterocycles. The molecule has 9 heteroatoms. The molecule has 0 aliphatic carbocycles. The minimum atomic E-state index is -4.34. The van der Waals surface area contributed by atoms with Gasteiger partial charge in [0.15, 0.2) is 6.04 Å². The van der Waals surface area contributed by atoms with Gasteiger partial charge in [0.25, 0.3) is 0 Å². The summed E-state index contributed by atoms with van der Waals surface area (Å²) in [7, 11) is -3.23. The molecular weight excluding hydrogens is 278 g/mol. The largest absolute Gasteiger partial charge is 0.467 e. The first-order valence-electron chi connectivity index (χ1n) is 5.58. The van der Waals surface area contributed by atoms with Crippen LogP contribution in [-0.4, -0.2) is 50.1 Å². The van der Waals surface area contributed by atoms with Gasteiger partial charge in [0.2, 0.25) is 0 Å². The zero-order valence-corrected chi connectivity index (χ0v) is 12.0. The molecule has 0 bridgehead atoms. The monoisotopic (exact) mass is 295 g/mol. The standard InChI is InChI=1S/C10H17NO7S/c1-10(2,3)18-9(13)11-7(8(12)16-4)5-6-17-19(11,14)15/h7H,5-6H2,1-4H3/t7-/m0/s1. The lowest BCUT2D eigenvalue weighted by Gasteiger charge is -2.33. The number of carbonyl (C=O) groups is 2. The molecule has 1 aliphatic rings. The molecular formula is C10H17NO7S. The molecule has 0 saturated carbocycles. The number of amides is 1. The number of carbonyl (C=O) groups excluding carboxylic acids is 2. The van der Waals surface area contributed by atoms with Crippen LogP contribution in [0.3, 0.4) is 0 Å². The lowest BCUT2D eigenvalue weighted by Crippen LogP contribution is -2.54. The number of methoxy groups -OCH3 is 1. The van der Waals surface area contributed by atoms with Crippen molar-refractivity contribution in [2.45, 2.75) is 38.8 Å². The molecule has 1 heterocycles. The normalized spacial score (nSPS) is 22.7. The van der Waals surface area contributed by atoms with Gasteiger partial charge in [-0.3, -0.25) is 4.18 Å². The molecule has 1 amide bonds. The summed E-state index contributed by atoms with van der Waals surface area (Å²) in [6, 6.07) is -1.27. The Morgan fingerprint density at radius 2 is 1.89 bits per heavy atom. The van der Waals surface area contributed by atoms with Crippen LogP contribution in [0.5, 0.6) is 0 Å². The van der Waals surface area contributed by atoms with E-state index in [2.05, 4.69) is 8.92 Å². The third-order valence-corrected chi connectivity index (χ3v) is 3.54. The van der Waals surface area contributed by atoms with E-state index in [4.69, 9.17) is 4.74 Å². The van der Waals surface area contributed by atoms with Gasteiger partial charge in [0.05, 0.1) is 13.7 Å². The van der Waals surface area contributed by atoms with Crippen molar-refractivity contribution in [2.24, 2.45) is 0 Å². The Morgan fingerprint density at radius 1 is 1.32 bits per heavy atom. The third-order valence-electron chi connectivity index (χ3n) is 2.19. The average molecular weight is 295 g/mol. The highest BCUT2D eigenvalue weighted by Gasteiger charge is 2.45. The van der Waals surface area contributed by atoms with Gasteiger partial charge in [-0.05, 0) is 20.8 Å². The van der Waals surface area contributed by atoms with Gasteiger partial charge in [0, 0.05) is 6.42 Å². The minimum Gasteiger partial charge on any atom is -0.467 e. The summed E-state index contributed by atoms with van der Waals surface area (Å²) in [6.07, 6.45) is -1.15. The number of hydrogen-bond donors (Lipinski definition) is 0. The van der Waals surface area contributed by atoms with Gasteiger partial charge < -0.3 is 9.47 Å². The second-order valence-corrected chi connectivity index (χ2v) is 6.37. The van der Waals surface area contributed by atoms with E-state index in [0.29, 0.717) is 0 Å². The summed E-state index contributed by atoms with van der Waals surface area (Å²) in [4.78, 5) is 23.4. The molecule has 19 heavy (non-hydrogen) atoms. The molecule has 0 spiro atoms. The van der Waals surface area contributed by atoms with E-state index in [1.165, 1.54) is 0 Å². The van der Waals surface area contributed by atoms with Crippen LogP contribution in [0, 0.1) is 0 Å². The maximum Gasteiger partial charge on any atom is 0.426 e. The summed E-state index contributed by atoms with van der Waals surface area (Å²) in [5.41, 5.74) is -0.898. The molecule has 0 aromatic carbocycles. The number of hydrogen-bond acceptors (Lipinski definition) is 7. The zero-order chi connectivity index (χ0) is 14.8. The molecule has 0 N–H and O–H groups in total. The van der Waals surface area contributed by atoms with Crippen molar-refractivity contribution < 1.29 is 31.7 Å². The third kappa shape index (κ3) is 3.80. The van der Waals surface area contributed by atoms with Gasteiger partial charge in [-0.25, -0.2) is 9.59 Å². The van der Waals surface area contributed by atoms with Crippen molar-refractivity contribution in [2.75, 3.05) is 13.7 Å². The first-order chi connectivity index (χ1) is 8.58. The Morgan fingerprint density at radius 3 is 2.37 bits per heavy atom. The van der Waals surface area contributed by atoms with Crippen molar-refractivity contribution in [3.8, 4) is 0 Å². The van der Waals surface area contributed by atoms with Crippen LogP contribution in [0.25, 0.3) is 0 Å². The fourth-order valence-electron chi connectivity index (χ4n) is 1.47. The maximum absolute atomic E-state index is 11.9. The number of nitrogens with zero attached hydrogens (tertiary/aromatic N) is 1. The summed E-state index contributed by atoms with van der Waals surface area (Å²) < 4.78 is 37.7. The van der Waals surface area contributed by atoms with Crippen molar-refractivity contribution in [3.05, 3.63) is 0 Å². The van der Waals surface area contributed by atoms with Crippen LogP contribution < -0.4 is 0 Å². The molecule has 1 rings (SSSR count). The summed E-state index contributed by atoms with van der Waals surface area (Å²) in [6.45, 7) is 4.54. The highest BCUT2D eigenvalue weighted by atomic mass is 32.2. The number of ether oxygens (including phenoxy) is 2. The first kappa shape index (κ1) is 15.7. The highest BCUT2D eigenvalue weighted by molar-refractivity contribution is 7.85. The van der Waals surface area contributed by atoms with Crippen LogP contribution in [0.2, 0.25) is 0 Å². The first-order valence-corrected chi connectivity index (χ1v) is 6.94. The summed E-state index contributed by atoms with van der Waals surface area (Å²) >= 11 is 0. The van der Waals surface area contributed by atoms with Crippen LogP contribution >= 0.6 is 0 Å². The second-order valence-electron chi connectivity index (χ2n) is 4.88. The SMILES string of the molecule is COC(=O)[C@@H]1CCOS(=O)(=O)N1C(=O)OC(C)(C)C. The Balaban J connectivity index is 3.06. The van der Waals surface area contributed by atoms with Gasteiger partial charge in [-0.15, -0.1) is 0 Å². The van der Waals surface area contributed by atoms with E-state index >= 15 is 0 Å². The van der Waals surface area contributed by atoms with Crippen molar-refractivity contribution in [3.63, 3.8) is 0 Å². The van der Waals surface area contributed by atoms with Gasteiger partial charge >= 0.3 is 22.4 Å². The van der Waals surface area contributed by atoms with Gasteiger partial charge in [-0.1, -0.05) is 0 Å². The number of esters is 1. The van der Waals surface area contributed by atoms with Crippen molar-refractivity contribution in [1.82, 2.24) is 4.31 Å². The van der Waals surface area contributed by atoms with E-state index in [1.54, 1.807) is 20.8 Å². The van der Waals surface area contributed by atoms with E-state index < -0.39 is 34.0 Å². The minimum absolute atomic E-state index is 0.0190. The Bertz CT molecular complexity index is 465. The summed E-state index contributed by atoms with van der Waals surface area (Å²) in [5.74, 6) is -0.835. The Hall–Kier alpha value is -1.35. The van der Waals surface area contributed by atoms with E-state index in [-0.39, 0.29) is 17.3 Å². The Labute approximate surface area is 111 Å². The molecule has 0 aromatic heterocycles. The zero-order valence-electron chi connectivity index (χ0n) is 11.2. The molecule has 1 atom stereocenters.